The van der Waals surface area contributed by atoms with E-state index in [2.05, 4.69) is 21.7 Å². The molecule has 5 rings (SSSR count). The fourth-order valence-electron chi connectivity index (χ4n) is 5.93. The predicted molar refractivity (Wildman–Crippen MR) is 153 cm³/mol. The number of hydrogen-bond donors (Lipinski definition) is 1. The Kier molecular flexibility index (Phi) is 8.75. The van der Waals surface area contributed by atoms with Gasteiger partial charge in [-0.25, -0.2) is 4.39 Å². The summed E-state index contributed by atoms with van der Waals surface area (Å²) in [7, 11) is 0. The maximum absolute atomic E-state index is 13.4. The van der Waals surface area contributed by atoms with Crippen molar-refractivity contribution in [2.75, 3.05) is 32.7 Å². The molecule has 0 bridgehead atoms. The van der Waals surface area contributed by atoms with Gasteiger partial charge in [-0.2, -0.15) is 11.3 Å². The highest BCUT2D eigenvalue weighted by atomic mass is 35.5. The highest BCUT2D eigenvalue weighted by molar-refractivity contribution is 7.08. The molecule has 1 aromatic heterocycles. The number of benzene rings is 2. The Balaban J connectivity index is 1.18. The lowest BCUT2D eigenvalue weighted by atomic mass is 9.84. The van der Waals surface area contributed by atoms with Gasteiger partial charge in [-0.1, -0.05) is 41.4 Å². The Hall–Kier alpha value is -1.96. The second-order valence-corrected chi connectivity index (χ2v) is 12.3. The molecule has 0 radical (unpaired) electrons. The average molecular weight is 576 g/mol. The first-order valence-electron chi connectivity index (χ1n) is 13.3. The highest BCUT2D eigenvalue weighted by Gasteiger charge is 2.39. The minimum Gasteiger partial charge on any atom is -0.390 e. The third-order valence-electron chi connectivity index (χ3n) is 8.18. The van der Waals surface area contributed by atoms with Gasteiger partial charge in [-0.05, 0) is 90.2 Å². The zero-order valence-electron chi connectivity index (χ0n) is 21.3. The molecule has 2 unspecified atom stereocenters. The third-order valence-corrected chi connectivity index (χ3v) is 9.70. The van der Waals surface area contributed by atoms with E-state index in [0.717, 1.165) is 57.3 Å². The number of halogens is 3. The molecule has 2 saturated heterocycles. The van der Waals surface area contributed by atoms with E-state index >= 15 is 0 Å². The van der Waals surface area contributed by atoms with Crippen molar-refractivity contribution in [3.8, 4) is 0 Å². The van der Waals surface area contributed by atoms with Crippen molar-refractivity contribution in [1.82, 2.24) is 9.80 Å². The normalized spacial score (nSPS) is 21.6. The summed E-state index contributed by atoms with van der Waals surface area (Å²) in [6.45, 7) is 3.89. The lowest BCUT2D eigenvalue weighted by Crippen LogP contribution is -2.46. The predicted octanol–water partition coefficient (Wildman–Crippen LogP) is 6.90. The third kappa shape index (κ3) is 6.43. The van der Waals surface area contributed by atoms with Crippen molar-refractivity contribution >= 4 is 40.4 Å². The molecule has 0 spiro atoms. The second kappa shape index (κ2) is 12.1. The van der Waals surface area contributed by atoms with Gasteiger partial charge in [0.15, 0.2) is 0 Å². The van der Waals surface area contributed by atoms with Gasteiger partial charge < -0.3 is 14.9 Å². The van der Waals surface area contributed by atoms with Crippen molar-refractivity contribution in [3.05, 3.63) is 91.8 Å². The lowest BCUT2D eigenvalue weighted by molar-refractivity contribution is -0.0315. The Bertz CT molecular complexity index is 1230. The quantitative estimate of drug-likeness (QED) is 0.318. The summed E-state index contributed by atoms with van der Waals surface area (Å²) in [5.41, 5.74) is 2.19. The van der Waals surface area contributed by atoms with Crippen LogP contribution in [0.15, 0.2) is 59.3 Å². The minimum atomic E-state index is -0.649. The van der Waals surface area contributed by atoms with Gasteiger partial charge in [0, 0.05) is 38.6 Å². The molecule has 2 fully saturated rings. The molecule has 0 aliphatic carbocycles. The van der Waals surface area contributed by atoms with Crippen LogP contribution >= 0.6 is 34.5 Å². The second-order valence-electron chi connectivity index (χ2n) is 10.7. The summed E-state index contributed by atoms with van der Waals surface area (Å²) in [5.74, 6) is 0.272. The van der Waals surface area contributed by atoms with Gasteiger partial charge in [-0.3, -0.25) is 4.79 Å². The first kappa shape index (κ1) is 27.6. The van der Waals surface area contributed by atoms with E-state index in [-0.39, 0.29) is 17.6 Å². The molecular formula is C30H33Cl2FN2O2S. The van der Waals surface area contributed by atoms with Crippen LogP contribution < -0.4 is 0 Å². The molecule has 1 N–H and O–H groups in total. The molecule has 3 heterocycles. The Morgan fingerprint density at radius 1 is 1.08 bits per heavy atom. The van der Waals surface area contributed by atoms with E-state index in [1.165, 1.54) is 17.7 Å². The number of carbonyl (C=O) groups is 1. The molecule has 1 amide bonds. The topological polar surface area (TPSA) is 43.8 Å². The van der Waals surface area contributed by atoms with Crippen molar-refractivity contribution in [2.24, 2.45) is 5.92 Å². The number of amides is 1. The van der Waals surface area contributed by atoms with Gasteiger partial charge >= 0.3 is 0 Å². The number of aryl methyl sites for hydroxylation is 1. The van der Waals surface area contributed by atoms with E-state index in [1.54, 1.807) is 29.5 Å². The number of thiophene rings is 1. The molecule has 2 atom stereocenters. The molecule has 2 aliphatic heterocycles. The number of likely N-dealkylation sites (tertiary alicyclic amines) is 2. The zero-order chi connectivity index (χ0) is 26.7. The number of nitrogens with zero attached hydrogens (tertiary/aromatic N) is 2. The first-order chi connectivity index (χ1) is 18.3. The van der Waals surface area contributed by atoms with Crippen LogP contribution in [0, 0.1) is 11.7 Å². The van der Waals surface area contributed by atoms with Crippen LogP contribution in [0.4, 0.5) is 4.39 Å². The Labute approximate surface area is 238 Å². The van der Waals surface area contributed by atoms with Gasteiger partial charge in [0.1, 0.15) is 5.82 Å². The van der Waals surface area contributed by atoms with Crippen LogP contribution in [-0.2, 0) is 6.42 Å². The Morgan fingerprint density at radius 3 is 2.55 bits per heavy atom. The number of aliphatic hydroxyl groups is 1. The summed E-state index contributed by atoms with van der Waals surface area (Å²) in [6, 6.07) is 14.0. The summed E-state index contributed by atoms with van der Waals surface area (Å²) >= 11 is 14.2. The van der Waals surface area contributed by atoms with E-state index in [0.29, 0.717) is 34.6 Å². The van der Waals surface area contributed by atoms with E-state index in [1.807, 2.05) is 17.0 Å². The average Bonchev–Trinajstić information content (AvgIpc) is 3.58. The van der Waals surface area contributed by atoms with Crippen LogP contribution in [0.5, 0.6) is 0 Å². The molecule has 38 heavy (non-hydrogen) atoms. The van der Waals surface area contributed by atoms with Gasteiger partial charge in [0.05, 0.1) is 21.2 Å². The molecule has 2 aliphatic rings. The standard InChI is InChI=1S/C30H33Cl2FN2O2S/c31-27-5-1-4-25(28(27)32)29(36)35-18-23(26(19-35)22-10-16-38-20-22)17-34-14-12-30(37,13-15-34)11-2-3-21-6-8-24(33)9-7-21/h1,4-10,16,20,23,26,37H,2-3,11-15,17-19H2. The van der Waals surface area contributed by atoms with Crippen molar-refractivity contribution < 1.29 is 14.3 Å². The summed E-state index contributed by atoms with van der Waals surface area (Å²) in [6.07, 6.45) is 3.97. The first-order valence-corrected chi connectivity index (χ1v) is 15.0. The van der Waals surface area contributed by atoms with E-state index in [9.17, 15) is 14.3 Å². The molecule has 8 heteroatoms. The van der Waals surface area contributed by atoms with Gasteiger partial charge in [0.25, 0.3) is 5.91 Å². The summed E-state index contributed by atoms with van der Waals surface area (Å²) in [5, 5.41) is 16.2. The van der Waals surface area contributed by atoms with Crippen molar-refractivity contribution in [3.63, 3.8) is 0 Å². The van der Waals surface area contributed by atoms with Crippen molar-refractivity contribution in [2.45, 2.75) is 43.6 Å². The van der Waals surface area contributed by atoms with Gasteiger partial charge in [0.2, 0.25) is 0 Å². The van der Waals surface area contributed by atoms with Crippen molar-refractivity contribution in [1.29, 1.82) is 0 Å². The fraction of sp³-hybridized carbons (Fsp3) is 0.433. The highest BCUT2D eigenvalue weighted by Crippen LogP contribution is 2.37. The minimum absolute atomic E-state index is 0.0746. The molecule has 3 aromatic rings. The molecular weight excluding hydrogens is 542 g/mol. The van der Waals surface area contributed by atoms with Crippen LogP contribution in [0.25, 0.3) is 0 Å². The molecule has 4 nitrogen and oxygen atoms in total. The van der Waals surface area contributed by atoms with Crippen LogP contribution in [-0.4, -0.2) is 59.1 Å². The van der Waals surface area contributed by atoms with E-state index < -0.39 is 5.60 Å². The van der Waals surface area contributed by atoms with Gasteiger partial charge in [-0.15, -0.1) is 0 Å². The van der Waals surface area contributed by atoms with E-state index in [4.69, 9.17) is 23.2 Å². The number of carbonyl (C=O) groups excluding carboxylic acids is 1. The smallest absolute Gasteiger partial charge is 0.255 e. The fourth-order valence-corrected chi connectivity index (χ4v) is 7.04. The Morgan fingerprint density at radius 2 is 1.84 bits per heavy atom. The number of piperidine rings is 1. The number of hydrogen-bond acceptors (Lipinski definition) is 4. The lowest BCUT2D eigenvalue weighted by Gasteiger charge is -2.39. The maximum atomic E-state index is 13.4. The monoisotopic (exact) mass is 574 g/mol. The molecule has 2 aromatic carbocycles. The van der Waals surface area contributed by atoms with Crippen LogP contribution in [0.2, 0.25) is 10.0 Å². The molecule has 202 valence electrons. The SMILES string of the molecule is O=C(c1cccc(Cl)c1Cl)N1CC(CN2CCC(O)(CCCc3ccc(F)cc3)CC2)C(c2ccsc2)C1. The largest absolute Gasteiger partial charge is 0.390 e. The summed E-state index contributed by atoms with van der Waals surface area (Å²) in [4.78, 5) is 17.8. The van der Waals surface area contributed by atoms with Crippen LogP contribution in [0.3, 0.4) is 0 Å². The van der Waals surface area contributed by atoms with Crippen LogP contribution in [0.1, 0.15) is 53.1 Å². The molecule has 0 saturated carbocycles. The zero-order valence-corrected chi connectivity index (χ0v) is 23.6. The summed E-state index contributed by atoms with van der Waals surface area (Å²) < 4.78 is 13.1. The maximum Gasteiger partial charge on any atom is 0.255 e. The number of rotatable bonds is 8.